The molecule has 17 heteroatoms. The number of fused-ring (bicyclic) bond motifs is 3. The summed E-state index contributed by atoms with van der Waals surface area (Å²) >= 11 is 0. The van der Waals surface area contributed by atoms with Crippen LogP contribution >= 0.6 is 0 Å². The monoisotopic (exact) mass is 981 g/mol. The maximum atomic E-state index is 16.2. The predicted molar refractivity (Wildman–Crippen MR) is 270 cm³/mol. The maximum Gasteiger partial charge on any atom is 0.257 e. The minimum Gasteiger partial charge on any atom is -0.390 e. The quantitative estimate of drug-likeness (QED) is 0.129. The van der Waals surface area contributed by atoms with Gasteiger partial charge in [0.1, 0.15) is 17.5 Å². The number of aromatic nitrogens is 3. The van der Waals surface area contributed by atoms with Gasteiger partial charge in [0, 0.05) is 112 Å². The summed E-state index contributed by atoms with van der Waals surface area (Å²) in [5.41, 5.74) is 5.66. The molecule has 8 heterocycles. The van der Waals surface area contributed by atoms with Gasteiger partial charge in [0.05, 0.1) is 28.6 Å². The number of pyridine rings is 2. The predicted octanol–water partition coefficient (Wildman–Crippen LogP) is 6.66. The minimum atomic E-state index is -0.895. The molecule has 0 bridgehead atoms. The van der Waals surface area contributed by atoms with E-state index in [1.54, 1.807) is 35.2 Å². The molecule has 3 saturated heterocycles. The lowest BCUT2D eigenvalue weighted by molar-refractivity contribution is -0.135. The molecule has 2 atom stereocenters. The molecule has 4 fully saturated rings. The lowest BCUT2D eigenvalue weighted by Crippen LogP contribution is -2.54. The number of anilines is 3. The number of halogens is 2. The average Bonchev–Trinajstić information content (AvgIpc) is 4.06. The van der Waals surface area contributed by atoms with Gasteiger partial charge in [-0.1, -0.05) is 6.08 Å². The molecule has 4 amide bonds. The Hall–Kier alpha value is -6.72. The van der Waals surface area contributed by atoms with Gasteiger partial charge < -0.3 is 24.8 Å². The van der Waals surface area contributed by atoms with Gasteiger partial charge in [0.25, 0.3) is 11.5 Å². The van der Waals surface area contributed by atoms with E-state index in [1.807, 2.05) is 36.7 Å². The van der Waals surface area contributed by atoms with E-state index >= 15 is 4.39 Å². The normalized spacial score (nSPS) is 21.5. The number of carbonyl (C=O) groups is 4. The van der Waals surface area contributed by atoms with Gasteiger partial charge in [0.15, 0.2) is 5.82 Å². The van der Waals surface area contributed by atoms with E-state index in [2.05, 4.69) is 44.5 Å². The fourth-order valence-corrected chi connectivity index (χ4v) is 12.5. The number of amides is 4. The standard InChI is InChI=1S/C55H61F2N9O6/c1-32-25-36(26-40(56)49(32)35-12-21-62(22-13-35)33(2)46-28-38-43(9-18-59-50(38)61(46)4)65-31-41(57)42(58-3)29-48(65)68)52(70)64-23-16-54(72,17-24-64)30-34-10-19-63(20-11-34)37-5-6-44-39(27-37)55(14-15-55)53(71)66(44)45-7-8-47(67)60-51(45)69/h5-6,9,12,18,25-29,31,33-34,45,58,72H,7-8,10-11,13-17,19-24,30H2,1-4H3,(H,60,67,69)/t33-,45?/m0/s1. The van der Waals surface area contributed by atoms with Crippen LogP contribution in [0.4, 0.5) is 25.8 Å². The number of imide groups is 1. The third-order valence-electron chi connectivity index (χ3n) is 16.8. The van der Waals surface area contributed by atoms with E-state index in [0.717, 1.165) is 72.4 Å². The molecule has 6 aliphatic rings. The molecule has 11 rings (SSSR count). The number of aliphatic hydroxyl groups is 1. The zero-order valence-corrected chi connectivity index (χ0v) is 41.3. The average molecular weight is 982 g/mol. The van der Waals surface area contributed by atoms with Crippen LogP contribution in [0.25, 0.3) is 22.3 Å². The van der Waals surface area contributed by atoms with E-state index in [-0.39, 0.29) is 41.4 Å². The van der Waals surface area contributed by atoms with E-state index in [4.69, 9.17) is 0 Å². The molecule has 2 aromatic carbocycles. The van der Waals surface area contributed by atoms with Crippen molar-refractivity contribution in [3.05, 3.63) is 117 Å². The summed E-state index contributed by atoms with van der Waals surface area (Å²) in [6.07, 6.45) is 10.8. The zero-order valence-electron chi connectivity index (χ0n) is 41.3. The highest BCUT2D eigenvalue weighted by molar-refractivity contribution is 6.15. The number of likely N-dealkylation sites (tertiary alicyclic amines) is 1. The van der Waals surface area contributed by atoms with Crippen LogP contribution in [0.5, 0.6) is 0 Å². The molecule has 72 heavy (non-hydrogen) atoms. The highest BCUT2D eigenvalue weighted by atomic mass is 19.1. The van der Waals surface area contributed by atoms with Crippen molar-refractivity contribution in [1.82, 2.24) is 29.2 Å². The lowest BCUT2D eigenvalue weighted by Gasteiger charge is -2.42. The first-order valence-corrected chi connectivity index (χ1v) is 25.4. The molecule has 15 nitrogen and oxygen atoms in total. The summed E-state index contributed by atoms with van der Waals surface area (Å²) in [6, 6.07) is 13.5. The second kappa shape index (κ2) is 18.1. The zero-order chi connectivity index (χ0) is 50.4. The number of hydrogen-bond acceptors (Lipinski definition) is 10. The molecule has 3 N–H and O–H groups in total. The van der Waals surface area contributed by atoms with Gasteiger partial charge in [-0.3, -0.25) is 43.7 Å². The molecular weight excluding hydrogens is 921 g/mol. The van der Waals surface area contributed by atoms with Crippen LogP contribution in [0.15, 0.2) is 71.8 Å². The van der Waals surface area contributed by atoms with Crippen LogP contribution in [-0.4, -0.2) is 111 Å². The Labute approximate surface area is 416 Å². The van der Waals surface area contributed by atoms with Crippen molar-refractivity contribution in [3.63, 3.8) is 0 Å². The largest absolute Gasteiger partial charge is 0.390 e. The Balaban J connectivity index is 0.690. The number of carbonyl (C=O) groups excluding carboxylic acids is 4. The van der Waals surface area contributed by atoms with Crippen LogP contribution in [-0.2, 0) is 26.8 Å². The maximum absolute atomic E-state index is 16.2. The minimum absolute atomic E-state index is 0.0404. The summed E-state index contributed by atoms with van der Waals surface area (Å²) in [5, 5.41) is 17.7. The Bertz CT molecular complexity index is 3140. The molecule has 1 spiro atoms. The lowest BCUT2D eigenvalue weighted by atomic mass is 9.79. The number of rotatable bonds is 10. The summed E-state index contributed by atoms with van der Waals surface area (Å²) < 4.78 is 34.3. The van der Waals surface area contributed by atoms with Gasteiger partial charge >= 0.3 is 0 Å². The first-order valence-electron chi connectivity index (χ1n) is 25.4. The van der Waals surface area contributed by atoms with Crippen molar-refractivity contribution < 1.29 is 33.1 Å². The van der Waals surface area contributed by atoms with E-state index in [9.17, 15) is 33.5 Å². The molecule has 5 aromatic rings. The fraction of sp³-hybridized carbons (Fsp3) is 0.455. The van der Waals surface area contributed by atoms with Crippen LogP contribution in [0.1, 0.15) is 110 Å². The fourth-order valence-electron chi connectivity index (χ4n) is 12.5. The van der Waals surface area contributed by atoms with E-state index in [0.29, 0.717) is 92.2 Å². The highest BCUT2D eigenvalue weighted by Gasteiger charge is 2.61. The molecule has 5 aliphatic heterocycles. The molecule has 376 valence electrons. The van der Waals surface area contributed by atoms with E-state index in [1.165, 1.54) is 22.9 Å². The molecule has 0 radical (unpaired) electrons. The van der Waals surface area contributed by atoms with Crippen molar-refractivity contribution in [3.8, 4) is 5.69 Å². The number of nitrogens with one attached hydrogen (secondary N) is 2. The third kappa shape index (κ3) is 8.17. The number of aryl methyl sites for hydroxylation is 2. The van der Waals surface area contributed by atoms with Crippen LogP contribution in [0, 0.1) is 24.5 Å². The van der Waals surface area contributed by atoms with Gasteiger partial charge in [-0.2, -0.15) is 0 Å². The summed E-state index contributed by atoms with van der Waals surface area (Å²) in [7, 11) is 3.49. The van der Waals surface area contributed by atoms with E-state index < -0.39 is 34.6 Å². The van der Waals surface area contributed by atoms with Crippen molar-refractivity contribution in [2.75, 3.05) is 61.4 Å². The molecule has 1 saturated carbocycles. The Morgan fingerprint density at radius 2 is 1.68 bits per heavy atom. The number of hydrogen-bond donors (Lipinski definition) is 3. The van der Waals surface area contributed by atoms with Gasteiger partial charge in [-0.05, 0) is 137 Å². The molecule has 3 aromatic heterocycles. The Morgan fingerprint density at radius 1 is 0.917 bits per heavy atom. The van der Waals surface area contributed by atoms with Crippen LogP contribution < -0.4 is 26.0 Å². The second-order valence-electron chi connectivity index (χ2n) is 21.1. The van der Waals surface area contributed by atoms with Gasteiger partial charge in [-0.25, -0.2) is 13.8 Å². The number of nitrogens with zero attached hydrogens (tertiary/aromatic N) is 7. The smallest absolute Gasteiger partial charge is 0.257 e. The first kappa shape index (κ1) is 47.6. The van der Waals surface area contributed by atoms with Crippen LogP contribution in [0.3, 0.4) is 0 Å². The first-order chi connectivity index (χ1) is 34.6. The van der Waals surface area contributed by atoms with Gasteiger partial charge in [-0.15, -0.1) is 0 Å². The SMILES string of the molecule is CNc1cc(=O)n(-c2ccnc3c2cc([C@H](C)N2CC=C(c4c(C)cc(C(=O)N5CCC(O)(CC6CCN(c7ccc8c(c7)C7(CC7)C(=O)N8C7CCC(=O)NC7=O)CC6)CC5)cc4F)CC2)n3C)cc1F. The number of piperidine rings is 3. The number of benzene rings is 2. The van der Waals surface area contributed by atoms with Crippen molar-refractivity contribution in [1.29, 1.82) is 0 Å². The summed E-state index contributed by atoms with van der Waals surface area (Å²) in [4.78, 5) is 77.9. The molecule has 1 unspecified atom stereocenters. The van der Waals surface area contributed by atoms with Crippen molar-refractivity contribution in [2.45, 2.75) is 101 Å². The van der Waals surface area contributed by atoms with Crippen molar-refractivity contribution in [2.24, 2.45) is 13.0 Å². The summed E-state index contributed by atoms with van der Waals surface area (Å²) in [5.74, 6) is -1.65. The highest BCUT2D eigenvalue weighted by Crippen LogP contribution is 2.59. The van der Waals surface area contributed by atoms with Gasteiger partial charge in [0.2, 0.25) is 17.7 Å². The Morgan fingerprint density at radius 3 is 2.36 bits per heavy atom. The molecular formula is C55H61F2N9O6. The second-order valence-corrected chi connectivity index (χ2v) is 21.1. The van der Waals surface area contributed by atoms with Crippen molar-refractivity contribution >= 4 is 57.3 Å². The Kier molecular flexibility index (Phi) is 12.0. The van der Waals surface area contributed by atoms with Crippen LogP contribution in [0.2, 0.25) is 0 Å². The third-order valence-corrected chi connectivity index (χ3v) is 16.8. The topological polar surface area (TPSA) is 165 Å². The summed E-state index contributed by atoms with van der Waals surface area (Å²) in [6.45, 7) is 7.57. The molecule has 1 aliphatic carbocycles.